The van der Waals surface area contributed by atoms with Gasteiger partial charge in [-0.05, 0) is 41.8 Å². The van der Waals surface area contributed by atoms with E-state index < -0.39 is 0 Å². The van der Waals surface area contributed by atoms with Gasteiger partial charge < -0.3 is 10.1 Å². The molecule has 0 radical (unpaired) electrons. The molecule has 0 spiro atoms. The lowest BCUT2D eigenvalue weighted by Gasteiger charge is -2.08. The second kappa shape index (κ2) is 7.43. The standard InChI is InChI=1S/C17H18FNO2/c1-2-13-5-9-16(10-6-13)21-12-17(20)19-11-14-3-7-15(18)8-4-14/h3-10H,2,11-12H2,1H3,(H,19,20). The predicted octanol–water partition coefficient (Wildman–Crippen LogP) is 3.08. The van der Waals surface area contributed by atoms with Gasteiger partial charge in [-0.2, -0.15) is 0 Å². The number of hydrogen-bond acceptors (Lipinski definition) is 2. The van der Waals surface area contributed by atoms with Crippen LogP contribution in [0.3, 0.4) is 0 Å². The molecule has 1 amide bonds. The first-order valence-electron chi connectivity index (χ1n) is 6.90. The summed E-state index contributed by atoms with van der Waals surface area (Å²) in [4.78, 5) is 11.7. The van der Waals surface area contributed by atoms with Gasteiger partial charge >= 0.3 is 0 Å². The highest BCUT2D eigenvalue weighted by atomic mass is 19.1. The number of benzene rings is 2. The molecule has 2 aromatic rings. The molecule has 21 heavy (non-hydrogen) atoms. The number of nitrogens with one attached hydrogen (secondary N) is 1. The van der Waals surface area contributed by atoms with Crippen LogP contribution in [0.15, 0.2) is 48.5 Å². The van der Waals surface area contributed by atoms with Crippen LogP contribution in [0, 0.1) is 5.82 Å². The van der Waals surface area contributed by atoms with Gasteiger partial charge in [-0.3, -0.25) is 4.79 Å². The van der Waals surface area contributed by atoms with Crippen molar-refractivity contribution in [1.82, 2.24) is 5.32 Å². The fourth-order valence-electron chi connectivity index (χ4n) is 1.82. The zero-order valence-electron chi connectivity index (χ0n) is 11.9. The molecule has 1 N–H and O–H groups in total. The van der Waals surface area contributed by atoms with Crippen molar-refractivity contribution in [3.63, 3.8) is 0 Å². The lowest BCUT2D eigenvalue weighted by atomic mass is 10.2. The Morgan fingerprint density at radius 2 is 1.67 bits per heavy atom. The second-order valence-corrected chi connectivity index (χ2v) is 4.69. The molecule has 2 rings (SSSR count). The summed E-state index contributed by atoms with van der Waals surface area (Å²) < 4.78 is 18.1. The van der Waals surface area contributed by atoms with Gasteiger partial charge in [-0.1, -0.05) is 31.2 Å². The Morgan fingerprint density at radius 3 is 2.29 bits per heavy atom. The smallest absolute Gasteiger partial charge is 0.258 e. The average molecular weight is 287 g/mol. The molecule has 0 atom stereocenters. The summed E-state index contributed by atoms with van der Waals surface area (Å²) in [6.45, 7) is 2.41. The van der Waals surface area contributed by atoms with Crippen molar-refractivity contribution < 1.29 is 13.9 Å². The van der Waals surface area contributed by atoms with Gasteiger partial charge in [0.25, 0.3) is 5.91 Å². The first kappa shape index (κ1) is 15.0. The third kappa shape index (κ3) is 4.91. The van der Waals surface area contributed by atoms with Crippen molar-refractivity contribution >= 4 is 5.91 Å². The highest BCUT2D eigenvalue weighted by Crippen LogP contribution is 2.12. The van der Waals surface area contributed by atoms with Gasteiger partial charge in [0.2, 0.25) is 0 Å². The summed E-state index contributed by atoms with van der Waals surface area (Å²) in [7, 11) is 0. The van der Waals surface area contributed by atoms with Crippen LogP contribution < -0.4 is 10.1 Å². The molecule has 0 aromatic heterocycles. The Kier molecular flexibility index (Phi) is 5.32. The summed E-state index contributed by atoms with van der Waals surface area (Å²) in [5, 5.41) is 2.72. The maximum Gasteiger partial charge on any atom is 0.258 e. The minimum absolute atomic E-state index is 0.0351. The molecule has 3 nitrogen and oxygen atoms in total. The van der Waals surface area contributed by atoms with E-state index in [1.165, 1.54) is 17.7 Å². The summed E-state index contributed by atoms with van der Waals surface area (Å²) in [5.74, 6) is 0.173. The Balaban J connectivity index is 1.75. The van der Waals surface area contributed by atoms with Gasteiger partial charge in [0, 0.05) is 6.54 Å². The van der Waals surface area contributed by atoms with E-state index in [-0.39, 0.29) is 18.3 Å². The zero-order valence-corrected chi connectivity index (χ0v) is 11.9. The monoisotopic (exact) mass is 287 g/mol. The Labute approximate surface area is 123 Å². The quantitative estimate of drug-likeness (QED) is 0.886. The largest absolute Gasteiger partial charge is 0.484 e. The summed E-state index contributed by atoms with van der Waals surface area (Å²) in [6, 6.07) is 13.7. The number of ether oxygens (including phenoxy) is 1. The van der Waals surface area contributed by atoms with Crippen molar-refractivity contribution in [1.29, 1.82) is 0 Å². The highest BCUT2D eigenvalue weighted by molar-refractivity contribution is 5.77. The number of carbonyl (C=O) groups excluding carboxylic acids is 1. The third-order valence-electron chi connectivity index (χ3n) is 3.10. The summed E-state index contributed by atoms with van der Waals surface area (Å²) >= 11 is 0. The fraction of sp³-hybridized carbons (Fsp3) is 0.235. The van der Waals surface area contributed by atoms with Crippen LogP contribution in [0.5, 0.6) is 5.75 Å². The first-order chi connectivity index (χ1) is 10.2. The third-order valence-corrected chi connectivity index (χ3v) is 3.10. The molecular formula is C17H18FNO2. The van der Waals surface area contributed by atoms with Crippen LogP contribution in [-0.2, 0) is 17.8 Å². The number of rotatable bonds is 6. The molecule has 0 aliphatic heterocycles. The van der Waals surface area contributed by atoms with Gasteiger partial charge in [0.15, 0.2) is 6.61 Å². The zero-order chi connectivity index (χ0) is 15.1. The molecule has 110 valence electrons. The predicted molar refractivity (Wildman–Crippen MR) is 79.6 cm³/mol. The molecule has 0 saturated heterocycles. The molecule has 4 heteroatoms. The fourth-order valence-corrected chi connectivity index (χ4v) is 1.82. The Bertz CT molecular complexity index is 579. The van der Waals surface area contributed by atoms with Gasteiger partial charge in [-0.15, -0.1) is 0 Å². The van der Waals surface area contributed by atoms with Gasteiger partial charge in [0.1, 0.15) is 11.6 Å². The van der Waals surface area contributed by atoms with Crippen molar-refractivity contribution in [2.45, 2.75) is 19.9 Å². The molecule has 0 bridgehead atoms. The van der Waals surface area contributed by atoms with Crippen molar-refractivity contribution in [2.75, 3.05) is 6.61 Å². The minimum atomic E-state index is -0.288. The van der Waals surface area contributed by atoms with Crippen LogP contribution in [-0.4, -0.2) is 12.5 Å². The lowest BCUT2D eigenvalue weighted by molar-refractivity contribution is -0.123. The topological polar surface area (TPSA) is 38.3 Å². The van der Waals surface area contributed by atoms with E-state index in [1.54, 1.807) is 12.1 Å². The van der Waals surface area contributed by atoms with E-state index in [9.17, 15) is 9.18 Å². The van der Waals surface area contributed by atoms with Crippen LogP contribution in [0.1, 0.15) is 18.1 Å². The molecule has 0 aliphatic rings. The molecular weight excluding hydrogens is 269 g/mol. The number of aryl methyl sites for hydroxylation is 1. The lowest BCUT2D eigenvalue weighted by Crippen LogP contribution is -2.28. The molecule has 0 saturated carbocycles. The molecule has 0 aliphatic carbocycles. The van der Waals surface area contributed by atoms with E-state index in [0.29, 0.717) is 12.3 Å². The normalized spacial score (nSPS) is 10.2. The summed E-state index contributed by atoms with van der Waals surface area (Å²) in [5.41, 5.74) is 2.07. The maximum atomic E-state index is 12.7. The average Bonchev–Trinajstić information content (AvgIpc) is 2.53. The Hall–Kier alpha value is -2.36. The van der Waals surface area contributed by atoms with E-state index in [0.717, 1.165) is 12.0 Å². The number of hydrogen-bond donors (Lipinski definition) is 1. The number of halogens is 1. The van der Waals surface area contributed by atoms with Gasteiger partial charge in [-0.25, -0.2) is 4.39 Å². The molecule has 0 fully saturated rings. The van der Waals surface area contributed by atoms with Crippen molar-refractivity contribution in [3.05, 3.63) is 65.5 Å². The van der Waals surface area contributed by atoms with E-state index >= 15 is 0 Å². The molecule has 2 aromatic carbocycles. The van der Waals surface area contributed by atoms with Gasteiger partial charge in [0.05, 0.1) is 0 Å². The first-order valence-corrected chi connectivity index (χ1v) is 6.90. The van der Waals surface area contributed by atoms with Crippen LogP contribution in [0.2, 0.25) is 0 Å². The van der Waals surface area contributed by atoms with E-state index in [1.807, 2.05) is 24.3 Å². The van der Waals surface area contributed by atoms with Crippen LogP contribution in [0.4, 0.5) is 4.39 Å². The molecule has 0 heterocycles. The van der Waals surface area contributed by atoms with Crippen LogP contribution in [0.25, 0.3) is 0 Å². The maximum absolute atomic E-state index is 12.7. The Morgan fingerprint density at radius 1 is 1.05 bits per heavy atom. The highest BCUT2D eigenvalue weighted by Gasteiger charge is 2.03. The molecule has 0 unspecified atom stereocenters. The minimum Gasteiger partial charge on any atom is -0.484 e. The number of carbonyl (C=O) groups is 1. The van der Waals surface area contributed by atoms with Crippen molar-refractivity contribution in [2.24, 2.45) is 0 Å². The SMILES string of the molecule is CCc1ccc(OCC(=O)NCc2ccc(F)cc2)cc1. The number of amides is 1. The van der Waals surface area contributed by atoms with E-state index in [4.69, 9.17) is 4.74 Å². The van der Waals surface area contributed by atoms with E-state index in [2.05, 4.69) is 12.2 Å². The van der Waals surface area contributed by atoms with Crippen molar-refractivity contribution in [3.8, 4) is 5.75 Å². The summed E-state index contributed by atoms with van der Waals surface area (Å²) in [6.07, 6.45) is 0.971. The van der Waals surface area contributed by atoms with Crippen LogP contribution >= 0.6 is 0 Å². The second-order valence-electron chi connectivity index (χ2n) is 4.69.